The summed E-state index contributed by atoms with van der Waals surface area (Å²) in [4.78, 5) is 47.2. The number of aromatic nitrogens is 2. The minimum Gasteiger partial charge on any atom is -0.494 e. The van der Waals surface area contributed by atoms with Gasteiger partial charge in [-0.3, -0.25) is 19.0 Å². The van der Waals surface area contributed by atoms with Crippen LogP contribution in [0.25, 0.3) is 10.9 Å². The van der Waals surface area contributed by atoms with Crippen LogP contribution in [0.5, 0.6) is 17.2 Å². The van der Waals surface area contributed by atoms with Gasteiger partial charge >= 0.3 is 0 Å². The Balaban J connectivity index is 1.36. The number of benzene rings is 3. The van der Waals surface area contributed by atoms with E-state index in [1.54, 1.807) is 17.0 Å². The molecule has 2 heterocycles. The smallest absolute Gasteiger partial charge is 0.261 e. The van der Waals surface area contributed by atoms with Crippen molar-refractivity contribution in [3.05, 3.63) is 83.2 Å². The van der Waals surface area contributed by atoms with Crippen LogP contribution >= 0.6 is 0 Å². The Bertz CT molecular complexity index is 1720. The summed E-state index contributed by atoms with van der Waals surface area (Å²) in [5, 5.41) is 3.07. The lowest BCUT2D eigenvalue weighted by Gasteiger charge is -2.28. The number of likely N-dealkylation sites (tertiary alicyclic amines) is 1. The number of rotatable bonds is 11. The number of hydrogen-bond donors (Lipinski definition) is 1. The fourth-order valence-electron chi connectivity index (χ4n) is 4.94. The number of hydrogen-bond acceptors (Lipinski definition) is 7. The molecular weight excluding hydrogens is 584 g/mol. The van der Waals surface area contributed by atoms with E-state index in [0.717, 1.165) is 5.69 Å². The maximum atomic E-state index is 13.5. The molecule has 0 atom stereocenters. The highest BCUT2D eigenvalue weighted by atomic mass is 19.1. The molecular formula is C33H35F2N5O5. The third kappa shape index (κ3) is 8.14. The molecule has 0 radical (unpaired) electrons. The molecule has 0 spiro atoms. The van der Waals surface area contributed by atoms with E-state index in [-0.39, 0.29) is 61.2 Å². The zero-order valence-corrected chi connectivity index (χ0v) is 25.2. The fraction of sp³-hybridized carbons (Fsp3) is 0.333. The van der Waals surface area contributed by atoms with E-state index >= 15 is 0 Å². The third-order valence-electron chi connectivity index (χ3n) is 7.47. The predicted octanol–water partition coefficient (Wildman–Crippen LogP) is 5.15. The molecule has 0 unspecified atom stereocenters. The van der Waals surface area contributed by atoms with Crippen LogP contribution in [0.4, 0.5) is 20.2 Å². The highest BCUT2D eigenvalue weighted by molar-refractivity contribution is 5.96. The second-order valence-electron chi connectivity index (χ2n) is 11.0. The molecule has 1 saturated heterocycles. The molecule has 5 rings (SSSR count). The lowest BCUT2D eigenvalue weighted by molar-refractivity contribution is -0.133. The monoisotopic (exact) mass is 619 g/mol. The predicted molar refractivity (Wildman–Crippen MR) is 167 cm³/mol. The van der Waals surface area contributed by atoms with Gasteiger partial charge in [-0.1, -0.05) is 6.07 Å². The average molecular weight is 620 g/mol. The van der Waals surface area contributed by atoms with Crippen molar-refractivity contribution in [1.82, 2.24) is 14.5 Å². The number of nitrogens with zero attached hydrogens (tertiary/aromatic N) is 4. The number of piperidine rings is 1. The Hall–Kier alpha value is -5.00. The molecule has 1 aromatic heterocycles. The molecule has 12 heteroatoms. The van der Waals surface area contributed by atoms with Crippen LogP contribution in [0, 0.1) is 5.82 Å². The van der Waals surface area contributed by atoms with E-state index in [0.29, 0.717) is 42.2 Å². The zero-order chi connectivity index (χ0) is 31.9. The molecule has 236 valence electrons. The first kappa shape index (κ1) is 31.4. The topological polar surface area (TPSA) is 106 Å². The van der Waals surface area contributed by atoms with Crippen molar-refractivity contribution in [1.29, 1.82) is 0 Å². The molecule has 1 aliphatic heterocycles. The molecule has 45 heavy (non-hydrogen) atoms. The minimum atomic E-state index is -0.916. The van der Waals surface area contributed by atoms with Crippen LogP contribution in [0.3, 0.4) is 0 Å². The fourth-order valence-corrected chi connectivity index (χ4v) is 4.94. The maximum Gasteiger partial charge on any atom is 0.261 e. The van der Waals surface area contributed by atoms with Crippen molar-refractivity contribution >= 4 is 34.1 Å². The van der Waals surface area contributed by atoms with Gasteiger partial charge in [-0.2, -0.15) is 0 Å². The first-order valence-corrected chi connectivity index (χ1v) is 14.7. The lowest BCUT2D eigenvalue weighted by Crippen LogP contribution is -2.42. The van der Waals surface area contributed by atoms with E-state index in [9.17, 15) is 23.2 Å². The summed E-state index contributed by atoms with van der Waals surface area (Å²) in [7, 11) is 3.80. The highest BCUT2D eigenvalue weighted by Crippen LogP contribution is 2.34. The first-order valence-electron chi connectivity index (χ1n) is 14.7. The molecule has 10 nitrogen and oxygen atoms in total. The van der Waals surface area contributed by atoms with Crippen molar-refractivity contribution in [3.8, 4) is 17.2 Å². The molecule has 1 fully saturated rings. The van der Waals surface area contributed by atoms with Crippen LogP contribution in [0.15, 0.2) is 71.8 Å². The van der Waals surface area contributed by atoms with E-state index in [1.807, 2.05) is 37.2 Å². The Morgan fingerprint density at radius 1 is 1.04 bits per heavy atom. The summed E-state index contributed by atoms with van der Waals surface area (Å²) < 4.78 is 39.7. The minimum absolute atomic E-state index is 0.131. The molecule has 3 aromatic carbocycles. The van der Waals surface area contributed by atoms with Crippen molar-refractivity contribution < 1.29 is 27.8 Å². The largest absolute Gasteiger partial charge is 0.494 e. The number of alkyl halides is 1. The van der Waals surface area contributed by atoms with Gasteiger partial charge in [0.2, 0.25) is 11.8 Å². The second-order valence-corrected chi connectivity index (χ2v) is 11.0. The van der Waals surface area contributed by atoms with Crippen LogP contribution in [-0.2, 0) is 16.1 Å². The van der Waals surface area contributed by atoms with E-state index in [4.69, 9.17) is 9.47 Å². The number of carbonyl (C=O) groups is 2. The van der Waals surface area contributed by atoms with Crippen LogP contribution in [0.2, 0.25) is 0 Å². The number of fused-ring (bicyclic) bond motifs is 1. The molecule has 0 saturated carbocycles. The summed E-state index contributed by atoms with van der Waals surface area (Å²) in [5.74, 6) is 0.265. The van der Waals surface area contributed by atoms with Gasteiger partial charge in [-0.05, 0) is 67.8 Å². The van der Waals surface area contributed by atoms with Gasteiger partial charge in [0.25, 0.3) is 5.56 Å². The van der Waals surface area contributed by atoms with Gasteiger partial charge in [-0.25, -0.2) is 13.8 Å². The van der Waals surface area contributed by atoms with Gasteiger partial charge in [0.15, 0.2) is 5.75 Å². The third-order valence-corrected chi connectivity index (χ3v) is 7.47. The van der Waals surface area contributed by atoms with Crippen molar-refractivity contribution in [3.63, 3.8) is 0 Å². The normalized spacial score (nSPS) is 13.5. The first-order chi connectivity index (χ1) is 21.7. The Kier molecular flexibility index (Phi) is 9.91. The van der Waals surface area contributed by atoms with Crippen LogP contribution < -0.4 is 25.2 Å². The van der Waals surface area contributed by atoms with Crippen molar-refractivity contribution in [2.24, 2.45) is 0 Å². The molecule has 0 aliphatic carbocycles. The Morgan fingerprint density at radius 3 is 2.53 bits per heavy atom. The SMILES string of the molecule is CN(C)c1cccc(Oc2cc3c(=O)n(CC(=O)N4CCC(F)CC4)cnc3cc2NC(=O)CCCOc2ccc(F)cc2)c1. The number of nitrogens with one attached hydrogen (secondary N) is 1. The van der Waals surface area contributed by atoms with E-state index in [1.165, 1.54) is 41.2 Å². The lowest BCUT2D eigenvalue weighted by atomic mass is 10.1. The molecule has 0 bridgehead atoms. The highest BCUT2D eigenvalue weighted by Gasteiger charge is 2.23. The van der Waals surface area contributed by atoms with Crippen LogP contribution in [-0.4, -0.2) is 66.2 Å². The number of amides is 2. The standard InChI is InChI=1S/C33H35F2N5O5/c1-38(2)24-5-3-6-26(17-24)45-30-18-27-28(36-21-40(33(27)43)20-32(42)39-14-12-23(35)13-15-39)19-29(30)37-31(41)7-4-16-44-25-10-8-22(34)9-11-25/h3,5-6,8-11,17-19,21,23H,4,7,12-16,20H2,1-2H3,(H,37,41). The quantitative estimate of drug-likeness (QED) is 0.232. The van der Waals surface area contributed by atoms with Gasteiger partial charge in [0.05, 0.1) is 29.5 Å². The number of anilines is 2. The molecule has 1 N–H and O–H groups in total. The van der Waals surface area contributed by atoms with Gasteiger partial charge in [0.1, 0.15) is 30.0 Å². The van der Waals surface area contributed by atoms with Crippen molar-refractivity contribution in [2.45, 2.75) is 38.4 Å². The van der Waals surface area contributed by atoms with Gasteiger partial charge in [0, 0.05) is 45.4 Å². The zero-order valence-electron chi connectivity index (χ0n) is 25.2. The van der Waals surface area contributed by atoms with Gasteiger partial charge in [-0.15, -0.1) is 0 Å². The molecule has 1 aliphatic rings. The number of carbonyl (C=O) groups excluding carboxylic acids is 2. The average Bonchev–Trinajstić information content (AvgIpc) is 3.02. The number of halogens is 2. The van der Waals surface area contributed by atoms with Gasteiger partial charge < -0.3 is 24.6 Å². The van der Waals surface area contributed by atoms with Crippen molar-refractivity contribution in [2.75, 3.05) is 44.0 Å². The summed E-state index contributed by atoms with van der Waals surface area (Å²) in [6, 6.07) is 16.0. The summed E-state index contributed by atoms with van der Waals surface area (Å²) >= 11 is 0. The molecule has 2 amide bonds. The Labute approximate surface area is 259 Å². The molecule has 4 aromatic rings. The summed E-state index contributed by atoms with van der Waals surface area (Å²) in [6.45, 7) is 0.643. The second kappa shape index (κ2) is 14.2. The van der Waals surface area contributed by atoms with E-state index in [2.05, 4.69) is 10.3 Å². The summed E-state index contributed by atoms with van der Waals surface area (Å²) in [6.07, 6.45) is 1.47. The van der Waals surface area contributed by atoms with Crippen LogP contribution in [0.1, 0.15) is 25.7 Å². The van der Waals surface area contributed by atoms with E-state index < -0.39 is 11.7 Å². The Morgan fingerprint density at radius 2 is 1.80 bits per heavy atom. The number of ether oxygens (including phenoxy) is 2. The maximum absolute atomic E-state index is 13.5. The summed E-state index contributed by atoms with van der Waals surface area (Å²) in [5.41, 5.74) is 1.07.